The van der Waals surface area contributed by atoms with E-state index in [4.69, 9.17) is 0 Å². The van der Waals surface area contributed by atoms with Gasteiger partial charge in [0.15, 0.2) is 0 Å². The lowest BCUT2D eigenvalue weighted by Gasteiger charge is -3.05. The van der Waals surface area contributed by atoms with Crippen LogP contribution in [0.1, 0.15) is 134 Å². The van der Waals surface area contributed by atoms with Gasteiger partial charge >= 0.3 is 0 Å². The first-order valence-corrected chi connectivity index (χ1v) is 47.0. The molecule has 0 aromatic heterocycles. The maximum Gasteiger partial charge on any atom is 0.0306 e. The third-order valence-electron chi connectivity index (χ3n) is 15.2. The fraction of sp³-hybridized carbons (Fsp3) is 1.00. The normalized spacial score (nSPS) is 25.6. The third kappa shape index (κ3) is 6.03. The zero-order valence-corrected chi connectivity index (χ0v) is 41.9. The second-order valence-corrected chi connectivity index (χ2v) is 108. The van der Waals surface area contributed by atoms with Gasteiger partial charge in [0.05, 0.1) is 0 Å². The average Bonchev–Trinajstić information content (AvgIpc) is 2.92. The molecule has 0 unspecified atom stereocenters. The van der Waals surface area contributed by atoms with Crippen molar-refractivity contribution in [1.82, 2.24) is 0 Å². The summed E-state index contributed by atoms with van der Waals surface area (Å²) >= 11 is 0. The van der Waals surface area contributed by atoms with Crippen molar-refractivity contribution in [1.29, 1.82) is 0 Å². The van der Waals surface area contributed by atoms with E-state index in [-0.39, 0.29) is 0 Å². The van der Waals surface area contributed by atoms with Crippen LogP contribution in [0.4, 0.5) is 0 Å². The van der Waals surface area contributed by atoms with Crippen LogP contribution in [0, 0.1) is 35.5 Å². The first-order valence-electron chi connectivity index (χ1n) is 20.8. The van der Waals surface area contributed by atoms with E-state index in [0.717, 1.165) is 35.5 Å². The summed E-state index contributed by atoms with van der Waals surface area (Å²) in [5, 5.41) is 0. The van der Waals surface area contributed by atoms with Gasteiger partial charge < -0.3 is 0 Å². The molecule has 0 N–H and O–H groups in total. The van der Waals surface area contributed by atoms with Gasteiger partial charge in [0.2, 0.25) is 0 Å². The lowest BCUT2D eigenvalue weighted by Crippen LogP contribution is -3.37. The number of hydrogen-bond acceptors (Lipinski definition) is 0. The second-order valence-electron chi connectivity index (χ2n) is 20.0. The van der Waals surface area contributed by atoms with Crippen LogP contribution in [0.5, 0.6) is 0 Å². The van der Waals surface area contributed by atoms with E-state index in [1.807, 2.05) is 36.3 Å². The van der Waals surface area contributed by atoms with Gasteiger partial charge in [-0.05, 0) is 35.5 Å². The van der Waals surface area contributed by atoms with Crippen molar-refractivity contribution in [2.45, 2.75) is 210 Å². The Hall–Kier alpha value is 1.52. The van der Waals surface area contributed by atoms with Gasteiger partial charge in [0.1, 0.15) is 0 Å². The van der Waals surface area contributed by atoms with Crippen LogP contribution in [0.25, 0.3) is 0 Å². The van der Waals surface area contributed by atoms with Gasteiger partial charge in [-0.3, -0.25) is 0 Å². The topological polar surface area (TPSA) is 0 Å². The summed E-state index contributed by atoms with van der Waals surface area (Å²) in [4.78, 5) is 0. The summed E-state index contributed by atoms with van der Waals surface area (Å²) in [7, 11) is -6.92. The van der Waals surface area contributed by atoms with Crippen LogP contribution in [0.2, 0.25) is 75.5 Å². The van der Waals surface area contributed by atoms with Gasteiger partial charge in [-0.15, -0.1) is 0 Å². The summed E-state index contributed by atoms with van der Waals surface area (Å²) in [5.41, 5.74) is 0. The fourth-order valence-corrected chi connectivity index (χ4v) is 555. The van der Waals surface area contributed by atoms with Crippen LogP contribution < -0.4 is 0 Å². The molecule has 45 heavy (non-hydrogen) atoms. The lowest BCUT2D eigenvalue weighted by molar-refractivity contribution is 0.512. The smallest absolute Gasteiger partial charge is 0.0306 e. The Morgan fingerprint density at radius 2 is 0.511 bits per heavy atom. The first-order chi connectivity index (χ1) is 20.8. The second kappa shape index (κ2) is 15.8. The largest absolute Gasteiger partial charge is 0.0721 e. The van der Waals surface area contributed by atoms with E-state index in [2.05, 4.69) is 122 Å². The molecule has 0 nitrogen and oxygen atoms in total. The molecule has 0 spiro atoms. The molecule has 3 aliphatic rings. The van der Waals surface area contributed by atoms with Crippen LogP contribution in [0.15, 0.2) is 0 Å². The van der Waals surface area contributed by atoms with Crippen LogP contribution in [-0.2, 0) is 0 Å². The van der Waals surface area contributed by atoms with Crippen molar-refractivity contribution >= 4 is 48.8 Å². The van der Waals surface area contributed by atoms with Crippen molar-refractivity contribution < 1.29 is 0 Å². The minimum atomic E-state index is -1.43. The van der Waals surface area contributed by atoms with E-state index in [0.29, 0.717) is 0 Å². The minimum absolute atomic E-state index is 0.948. The first kappa shape index (κ1) is 42.7. The molecular weight excluding hydrogens is 653 g/mol. The molecule has 3 heterocycles. The maximum atomic E-state index is 3.12. The van der Waals surface area contributed by atoms with Crippen molar-refractivity contribution in [2.75, 3.05) is 0 Å². The van der Waals surface area contributed by atoms with Gasteiger partial charge in [-0.1, -0.05) is 210 Å². The zero-order chi connectivity index (χ0) is 34.9. The Bertz CT molecular complexity index is 784. The predicted molar refractivity (Wildman–Crippen MR) is 230 cm³/mol. The van der Waals surface area contributed by atoms with Crippen LogP contribution >= 0.6 is 0 Å². The molecule has 0 aliphatic carbocycles. The monoisotopic (exact) mass is 741 g/mol. The Morgan fingerprint density at radius 1 is 0.333 bits per heavy atom. The highest BCUT2D eigenvalue weighted by molar-refractivity contribution is 8.60. The van der Waals surface area contributed by atoms with Crippen molar-refractivity contribution in [3.8, 4) is 0 Å². The molecule has 2 bridgehead atoms. The highest BCUT2D eigenvalue weighted by Crippen LogP contribution is 2.82. The van der Waals surface area contributed by atoms with Gasteiger partial charge in [0, 0.05) is 48.8 Å². The molecule has 3 aliphatic heterocycles. The molecule has 0 amide bonds. The SMILES string of the molecule is CCC(CC)C[Si]1(CC(CC)CC)[Si]2([Si](C)(C)C)[Si](CC(C)C)(CC(C)C)[Si]1([Si](C)(C)C)[Si]2(CC(CC)CC)CC(CC)CC. The van der Waals surface area contributed by atoms with E-state index < -0.39 is 48.8 Å². The molecule has 3 saturated heterocycles. The number of rotatable bonds is 22. The average molecular weight is 742 g/mol. The summed E-state index contributed by atoms with van der Waals surface area (Å²) in [5.74, 6) is 6.10. The lowest BCUT2D eigenvalue weighted by atomic mass is 10.1. The summed E-state index contributed by atoms with van der Waals surface area (Å²) < 4.78 is 0. The molecule has 7 heteroatoms. The standard InChI is InChI=1S/C38H88Si7/c1-19-35(20-2)29-42(30-36(21-3)22-4)44(39(13,14)15)41(27-33(9)10,28-34(11)12)45(42,40(16,17)18)43(44,31-37(23-5)24-6)32-38(25-7)26-8/h33-38H,19-32H2,1-18H3. The van der Waals surface area contributed by atoms with Crippen molar-refractivity contribution in [3.63, 3.8) is 0 Å². The number of hydrogen-bond donors (Lipinski definition) is 0. The molecule has 0 saturated carbocycles. The van der Waals surface area contributed by atoms with Crippen LogP contribution in [0.3, 0.4) is 0 Å². The Balaban J connectivity index is 3.41. The van der Waals surface area contributed by atoms with E-state index >= 15 is 0 Å². The van der Waals surface area contributed by atoms with E-state index in [1.54, 1.807) is 0 Å². The Morgan fingerprint density at radius 3 is 0.644 bits per heavy atom. The molecular formula is C38H88Si7. The van der Waals surface area contributed by atoms with Crippen molar-refractivity contribution in [2.24, 2.45) is 35.5 Å². The third-order valence-corrected chi connectivity index (χ3v) is 262. The van der Waals surface area contributed by atoms with Crippen LogP contribution in [-0.4, -0.2) is 48.8 Å². The molecule has 0 atom stereocenters. The molecule has 268 valence electrons. The van der Waals surface area contributed by atoms with Gasteiger partial charge in [-0.25, -0.2) is 0 Å². The highest BCUT2D eigenvalue weighted by Gasteiger charge is 3.10. The molecule has 0 radical (unpaired) electrons. The molecule has 0 aromatic rings. The zero-order valence-electron chi connectivity index (χ0n) is 34.9. The minimum Gasteiger partial charge on any atom is -0.0721 e. The predicted octanol–water partition coefficient (Wildman–Crippen LogP) is 13.6. The van der Waals surface area contributed by atoms with Crippen molar-refractivity contribution in [3.05, 3.63) is 0 Å². The van der Waals surface area contributed by atoms with Gasteiger partial charge in [-0.2, -0.15) is 0 Å². The summed E-state index contributed by atoms with van der Waals surface area (Å²) in [6.45, 7) is 50.6. The summed E-state index contributed by atoms with van der Waals surface area (Å²) in [6, 6.07) is 11.1. The van der Waals surface area contributed by atoms with E-state index in [1.165, 1.54) is 51.4 Å². The molecule has 3 fully saturated rings. The van der Waals surface area contributed by atoms with E-state index in [9.17, 15) is 0 Å². The maximum absolute atomic E-state index is 3.12. The van der Waals surface area contributed by atoms with Gasteiger partial charge in [0.25, 0.3) is 0 Å². The Labute approximate surface area is 292 Å². The fourth-order valence-electron chi connectivity index (χ4n) is 15.5. The molecule has 0 aromatic carbocycles. The summed E-state index contributed by atoms with van der Waals surface area (Å²) in [6.07, 6.45) is 9.00. The quantitative estimate of drug-likeness (QED) is 0.0970. The Kier molecular flexibility index (Phi) is 15.0. The molecule has 3 rings (SSSR count). The highest BCUT2D eigenvalue weighted by atomic mass is 30.8.